The van der Waals surface area contributed by atoms with Gasteiger partial charge < -0.3 is 10.1 Å². The lowest BCUT2D eigenvalue weighted by Gasteiger charge is -2.22. The summed E-state index contributed by atoms with van der Waals surface area (Å²) in [5.74, 6) is 2.48. The number of aryl methyl sites for hydroxylation is 1. The van der Waals surface area contributed by atoms with E-state index in [0.717, 1.165) is 18.2 Å². The first-order chi connectivity index (χ1) is 8.26. The smallest absolute Gasteiger partial charge is 0.122 e. The predicted octanol–water partition coefficient (Wildman–Crippen LogP) is 3.11. The number of hydrogen-bond acceptors (Lipinski definition) is 2. The third kappa shape index (κ3) is 2.63. The van der Waals surface area contributed by atoms with Crippen LogP contribution in [0.3, 0.4) is 0 Å². The van der Waals surface area contributed by atoms with E-state index in [1.54, 1.807) is 7.11 Å². The molecular formula is C15H23NO. The molecular weight excluding hydrogens is 210 g/mol. The molecule has 0 aliphatic heterocycles. The van der Waals surface area contributed by atoms with E-state index >= 15 is 0 Å². The first-order valence-corrected chi connectivity index (χ1v) is 6.55. The highest BCUT2D eigenvalue weighted by atomic mass is 16.5. The Kier molecular flexibility index (Phi) is 4.06. The summed E-state index contributed by atoms with van der Waals surface area (Å²) in [4.78, 5) is 0. The maximum Gasteiger partial charge on any atom is 0.122 e. The Morgan fingerprint density at radius 1 is 1.35 bits per heavy atom. The Bertz CT molecular complexity index is 375. The minimum atomic E-state index is 0.664. The summed E-state index contributed by atoms with van der Waals surface area (Å²) < 4.78 is 5.52. The van der Waals surface area contributed by atoms with Gasteiger partial charge in [-0.3, -0.25) is 0 Å². The van der Waals surface area contributed by atoms with Gasteiger partial charge in [-0.1, -0.05) is 24.1 Å². The SMILES string of the molecule is CNCC1CCCC1c1cc(C)ccc1OC. The highest BCUT2D eigenvalue weighted by Crippen LogP contribution is 2.42. The molecule has 1 fully saturated rings. The van der Waals surface area contributed by atoms with Gasteiger partial charge in [-0.05, 0) is 56.8 Å². The van der Waals surface area contributed by atoms with Crippen molar-refractivity contribution in [2.24, 2.45) is 5.92 Å². The van der Waals surface area contributed by atoms with Gasteiger partial charge in [0.1, 0.15) is 5.75 Å². The lowest BCUT2D eigenvalue weighted by Crippen LogP contribution is -2.21. The molecule has 0 amide bonds. The van der Waals surface area contributed by atoms with E-state index in [-0.39, 0.29) is 0 Å². The molecule has 2 nitrogen and oxygen atoms in total. The third-order valence-electron chi connectivity index (χ3n) is 3.91. The van der Waals surface area contributed by atoms with Crippen LogP contribution in [0, 0.1) is 12.8 Å². The second-order valence-electron chi connectivity index (χ2n) is 5.10. The molecule has 2 unspecified atom stereocenters. The molecule has 2 rings (SSSR count). The van der Waals surface area contributed by atoms with Gasteiger partial charge in [0.25, 0.3) is 0 Å². The standard InChI is InChI=1S/C15H23NO/c1-11-7-8-15(17-3)14(9-11)13-6-4-5-12(13)10-16-2/h7-9,12-13,16H,4-6,10H2,1-3H3. The highest BCUT2D eigenvalue weighted by Gasteiger charge is 2.29. The average Bonchev–Trinajstić information content (AvgIpc) is 2.77. The molecule has 0 heterocycles. The van der Waals surface area contributed by atoms with E-state index in [0.29, 0.717) is 5.92 Å². The van der Waals surface area contributed by atoms with Gasteiger partial charge in [-0.25, -0.2) is 0 Å². The van der Waals surface area contributed by atoms with E-state index in [1.165, 1.54) is 30.4 Å². The van der Waals surface area contributed by atoms with Crippen LogP contribution in [0.5, 0.6) is 5.75 Å². The Morgan fingerprint density at radius 3 is 2.88 bits per heavy atom. The van der Waals surface area contributed by atoms with Crippen LogP contribution in [-0.2, 0) is 0 Å². The molecule has 0 aromatic heterocycles. The quantitative estimate of drug-likeness (QED) is 0.863. The number of methoxy groups -OCH3 is 1. The highest BCUT2D eigenvalue weighted by molar-refractivity contribution is 5.40. The van der Waals surface area contributed by atoms with Crippen LogP contribution in [0.1, 0.15) is 36.3 Å². The van der Waals surface area contributed by atoms with Crippen LogP contribution in [0.15, 0.2) is 18.2 Å². The van der Waals surface area contributed by atoms with Crippen molar-refractivity contribution in [2.45, 2.75) is 32.1 Å². The second kappa shape index (κ2) is 5.54. The zero-order chi connectivity index (χ0) is 12.3. The van der Waals surface area contributed by atoms with Crippen molar-refractivity contribution in [3.8, 4) is 5.75 Å². The summed E-state index contributed by atoms with van der Waals surface area (Å²) in [7, 11) is 3.82. The number of ether oxygens (including phenoxy) is 1. The van der Waals surface area contributed by atoms with Crippen LogP contribution < -0.4 is 10.1 Å². The average molecular weight is 233 g/mol. The normalized spacial score (nSPS) is 23.9. The maximum absolute atomic E-state index is 5.52. The Morgan fingerprint density at radius 2 is 2.18 bits per heavy atom. The van der Waals surface area contributed by atoms with Crippen molar-refractivity contribution in [3.63, 3.8) is 0 Å². The van der Waals surface area contributed by atoms with Gasteiger partial charge in [0.15, 0.2) is 0 Å². The number of nitrogens with one attached hydrogen (secondary N) is 1. The fourth-order valence-electron chi connectivity index (χ4n) is 3.10. The minimum absolute atomic E-state index is 0.664. The fraction of sp³-hybridized carbons (Fsp3) is 0.600. The van der Waals surface area contributed by atoms with Crippen molar-refractivity contribution in [1.82, 2.24) is 5.32 Å². The lowest BCUT2D eigenvalue weighted by molar-refractivity contribution is 0.392. The fourth-order valence-corrected chi connectivity index (χ4v) is 3.10. The summed E-state index contributed by atoms with van der Waals surface area (Å²) in [6.07, 6.45) is 3.98. The largest absolute Gasteiger partial charge is 0.496 e. The second-order valence-corrected chi connectivity index (χ2v) is 5.10. The molecule has 0 radical (unpaired) electrons. The number of rotatable bonds is 4. The van der Waals surface area contributed by atoms with Crippen LogP contribution in [0.2, 0.25) is 0 Å². The van der Waals surface area contributed by atoms with Crippen LogP contribution in [-0.4, -0.2) is 20.7 Å². The summed E-state index contributed by atoms with van der Waals surface area (Å²) in [6, 6.07) is 6.54. The zero-order valence-corrected chi connectivity index (χ0v) is 11.1. The first kappa shape index (κ1) is 12.4. The number of benzene rings is 1. The van der Waals surface area contributed by atoms with E-state index in [2.05, 4.69) is 30.4 Å². The molecule has 1 aromatic carbocycles. The third-order valence-corrected chi connectivity index (χ3v) is 3.91. The predicted molar refractivity (Wildman–Crippen MR) is 71.7 cm³/mol. The zero-order valence-electron chi connectivity index (χ0n) is 11.1. The van der Waals surface area contributed by atoms with Crippen LogP contribution in [0.25, 0.3) is 0 Å². The summed E-state index contributed by atoms with van der Waals surface area (Å²) >= 11 is 0. The van der Waals surface area contributed by atoms with Gasteiger partial charge in [0.05, 0.1) is 7.11 Å². The first-order valence-electron chi connectivity index (χ1n) is 6.55. The summed E-state index contributed by atoms with van der Waals surface area (Å²) in [5.41, 5.74) is 2.74. The van der Waals surface area contributed by atoms with Crippen molar-refractivity contribution < 1.29 is 4.74 Å². The van der Waals surface area contributed by atoms with Crippen molar-refractivity contribution >= 4 is 0 Å². The molecule has 17 heavy (non-hydrogen) atoms. The Labute approximate surface area is 104 Å². The Hall–Kier alpha value is -1.02. The van der Waals surface area contributed by atoms with E-state index in [9.17, 15) is 0 Å². The van der Waals surface area contributed by atoms with Crippen LogP contribution in [0.4, 0.5) is 0 Å². The summed E-state index contributed by atoms with van der Waals surface area (Å²) in [5, 5.41) is 3.32. The molecule has 1 aromatic rings. The molecule has 94 valence electrons. The van der Waals surface area contributed by atoms with Gasteiger partial charge in [0, 0.05) is 0 Å². The summed E-state index contributed by atoms with van der Waals surface area (Å²) in [6.45, 7) is 3.27. The van der Waals surface area contributed by atoms with Gasteiger partial charge in [0.2, 0.25) is 0 Å². The van der Waals surface area contributed by atoms with Crippen LogP contribution >= 0.6 is 0 Å². The topological polar surface area (TPSA) is 21.3 Å². The van der Waals surface area contributed by atoms with Gasteiger partial charge in [-0.2, -0.15) is 0 Å². The molecule has 1 aliphatic carbocycles. The van der Waals surface area contributed by atoms with E-state index in [1.807, 2.05) is 7.05 Å². The maximum atomic E-state index is 5.52. The van der Waals surface area contributed by atoms with Crippen molar-refractivity contribution in [2.75, 3.05) is 20.7 Å². The van der Waals surface area contributed by atoms with Crippen molar-refractivity contribution in [3.05, 3.63) is 29.3 Å². The monoisotopic (exact) mass is 233 g/mol. The Balaban J connectivity index is 2.28. The van der Waals surface area contributed by atoms with E-state index < -0.39 is 0 Å². The number of hydrogen-bond donors (Lipinski definition) is 1. The molecule has 1 aliphatic rings. The molecule has 0 bridgehead atoms. The molecule has 0 spiro atoms. The molecule has 2 heteroatoms. The molecule has 1 saturated carbocycles. The minimum Gasteiger partial charge on any atom is -0.496 e. The molecule has 1 N–H and O–H groups in total. The molecule has 2 atom stereocenters. The lowest BCUT2D eigenvalue weighted by atomic mass is 9.87. The molecule has 0 saturated heterocycles. The van der Waals surface area contributed by atoms with Crippen molar-refractivity contribution in [1.29, 1.82) is 0 Å². The van der Waals surface area contributed by atoms with Gasteiger partial charge in [-0.15, -0.1) is 0 Å². The van der Waals surface area contributed by atoms with Gasteiger partial charge >= 0.3 is 0 Å². The van der Waals surface area contributed by atoms with E-state index in [4.69, 9.17) is 4.74 Å².